The average Bonchev–Trinajstić information content (AvgIpc) is 2.66. The van der Waals surface area contributed by atoms with Gasteiger partial charge in [0, 0.05) is 13.1 Å². The molecule has 1 heterocycles. The summed E-state index contributed by atoms with van der Waals surface area (Å²) in [5.74, 6) is 1.11. The third-order valence-electron chi connectivity index (χ3n) is 4.66. The van der Waals surface area contributed by atoms with E-state index in [-0.39, 0.29) is 6.04 Å². The second-order valence-corrected chi connectivity index (χ2v) is 6.23. The second kappa shape index (κ2) is 6.55. The number of carbonyl (C=O) groups excluding carboxylic acids is 1. The minimum Gasteiger partial charge on any atom is -0.341 e. The van der Waals surface area contributed by atoms with Gasteiger partial charge in [-0.2, -0.15) is 0 Å². The van der Waals surface area contributed by atoms with E-state index in [1.807, 2.05) is 11.9 Å². The molecule has 3 unspecified atom stereocenters. The van der Waals surface area contributed by atoms with E-state index in [2.05, 4.69) is 12.2 Å². The lowest BCUT2D eigenvalue weighted by Gasteiger charge is -2.36. The van der Waals surface area contributed by atoms with E-state index in [0.29, 0.717) is 11.9 Å². The molecule has 1 aliphatic heterocycles. The molecule has 3 heteroatoms. The lowest BCUT2D eigenvalue weighted by molar-refractivity contribution is -0.135. The van der Waals surface area contributed by atoms with Crippen molar-refractivity contribution in [3.8, 4) is 0 Å². The van der Waals surface area contributed by atoms with Crippen LogP contribution in [0.4, 0.5) is 0 Å². The van der Waals surface area contributed by atoms with Gasteiger partial charge in [0.1, 0.15) is 0 Å². The van der Waals surface area contributed by atoms with Gasteiger partial charge in [0.25, 0.3) is 0 Å². The third kappa shape index (κ3) is 3.47. The summed E-state index contributed by atoms with van der Waals surface area (Å²) in [5.41, 5.74) is 0. The van der Waals surface area contributed by atoms with E-state index in [0.717, 1.165) is 18.9 Å². The van der Waals surface area contributed by atoms with Crippen LogP contribution < -0.4 is 5.32 Å². The number of nitrogens with zero attached hydrogens (tertiary/aromatic N) is 1. The number of carbonyl (C=O) groups is 1. The Hall–Kier alpha value is -0.570. The summed E-state index contributed by atoms with van der Waals surface area (Å²) >= 11 is 0. The maximum atomic E-state index is 12.5. The number of hydrogen-bond acceptors (Lipinski definition) is 2. The van der Waals surface area contributed by atoms with Crippen molar-refractivity contribution in [1.82, 2.24) is 10.2 Å². The SMILES string of the molecule is CC1CCCC(N(C)C(=O)C2CCCCCN2)C1. The van der Waals surface area contributed by atoms with E-state index in [9.17, 15) is 4.79 Å². The Bertz CT molecular complexity index is 272. The average molecular weight is 252 g/mol. The minimum atomic E-state index is 0.0785. The first-order chi connectivity index (χ1) is 8.68. The lowest BCUT2D eigenvalue weighted by atomic mass is 9.86. The Balaban J connectivity index is 1.90. The van der Waals surface area contributed by atoms with Gasteiger partial charge in [-0.25, -0.2) is 0 Å². The highest BCUT2D eigenvalue weighted by Gasteiger charge is 2.29. The highest BCUT2D eigenvalue weighted by Crippen LogP contribution is 2.27. The molecule has 0 aromatic carbocycles. The maximum absolute atomic E-state index is 12.5. The van der Waals surface area contributed by atoms with E-state index in [4.69, 9.17) is 0 Å². The molecule has 3 nitrogen and oxygen atoms in total. The third-order valence-corrected chi connectivity index (χ3v) is 4.66. The van der Waals surface area contributed by atoms with Crippen molar-refractivity contribution in [2.24, 2.45) is 5.92 Å². The predicted molar refractivity (Wildman–Crippen MR) is 74.4 cm³/mol. The van der Waals surface area contributed by atoms with Gasteiger partial charge in [0.2, 0.25) is 5.91 Å². The van der Waals surface area contributed by atoms with Gasteiger partial charge in [-0.3, -0.25) is 4.79 Å². The molecule has 0 radical (unpaired) electrons. The van der Waals surface area contributed by atoms with Crippen molar-refractivity contribution >= 4 is 5.91 Å². The van der Waals surface area contributed by atoms with E-state index in [1.54, 1.807) is 0 Å². The van der Waals surface area contributed by atoms with Crippen molar-refractivity contribution in [2.75, 3.05) is 13.6 Å². The van der Waals surface area contributed by atoms with Gasteiger partial charge in [-0.05, 0) is 38.1 Å². The summed E-state index contributed by atoms with van der Waals surface area (Å²) in [6, 6.07) is 0.557. The van der Waals surface area contributed by atoms with Crippen LogP contribution in [-0.4, -0.2) is 36.5 Å². The number of rotatable bonds is 2. The zero-order valence-electron chi connectivity index (χ0n) is 12.0. The molecule has 1 amide bonds. The van der Waals surface area contributed by atoms with Crippen molar-refractivity contribution in [3.63, 3.8) is 0 Å². The van der Waals surface area contributed by atoms with Crippen molar-refractivity contribution in [1.29, 1.82) is 0 Å². The fourth-order valence-electron chi connectivity index (χ4n) is 3.42. The molecule has 104 valence electrons. The summed E-state index contributed by atoms with van der Waals surface area (Å²) in [7, 11) is 2.01. The first-order valence-electron chi connectivity index (χ1n) is 7.68. The molecule has 3 atom stereocenters. The van der Waals surface area contributed by atoms with Crippen LogP contribution in [0.2, 0.25) is 0 Å². The quantitative estimate of drug-likeness (QED) is 0.819. The molecule has 2 fully saturated rings. The normalized spacial score (nSPS) is 33.8. The van der Waals surface area contributed by atoms with Gasteiger partial charge in [-0.1, -0.05) is 32.6 Å². The van der Waals surface area contributed by atoms with Crippen molar-refractivity contribution in [2.45, 2.75) is 70.4 Å². The van der Waals surface area contributed by atoms with Crippen LogP contribution in [0.15, 0.2) is 0 Å². The lowest BCUT2D eigenvalue weighted by Crippen LogP contribution is -2.49. The van der Waals surface area contributed by atoms with Gasteiger partial charge < -0.3 is 10.2 Å². The zero-order valence-corrected chi connectivity index (χ0v) is 12.0. The van der Waals surface area contributed by atoms with E-state index in [1.165, 1.54) is 44.9 Å². The summed E-state index contributed by atoms with van der Waals surface area (Å²) in [4.78, 5) is 14.6. The molecule has 2 aliphatic rings. The number of likely N-dealkylation sites (N-methyl/N-ethyl adjacent to an activating group) is 1. The smallest absolute Gasteiger partial charge is 0.239 e. The molecule has 1 saturated carbocycles. The second-order valence-electron chi connectivity index (χ2n) is 6.23. The Kier molecular flexibility index (Phi) is 5.04. The van der Waals surface area contributed by atoms with Crippen LogP contribution in [0, 0.1) is 5.92 Å². The summed E-state index contributed by atoms with van der Waals surface area (Å²) in [6.45, 7) is 3.32. The van der Waals surface area contributed by atoms with Crippen LogP contribution in [0.25, 0.3) is 0 Å². The number of nitrogens with one attached hydrogen (secondary N) is 1. The van der Waals surface area contributed by atoms with Gasteiger partial charge >= 0.3 is 0 Å². The van der Waals surface area contributed by atoms with Gasteiger partial charge in [0.05, 0.1) is 6.04 Å². The first kappa shape index (κ1) is 13.9. The largest absolute Gasteiger partial charge is 0.341 e. The number of amides is 1. The standard InChI is InChI=1S/C15H28N2O/c1-12-7-6-8-13(11-12)17(2)15(18)14-9-4-3-5-10-16-14/h12-14,16H,3-11H2,1-2H3. The fraction of sp³-hybridized carbons (Fsp3) is 0.933. The molecule has 18 heavy (non-hydrogen) atoms. The highest BCUT2D eigenvalue weighted by molar-refractivity contribution is 5.82. The van der Waals surface area contributed by atoms with Crippen LogP contribution in [-0.2, 0) is 4.79 Å². The molecule has 1 aliphatic carbocycles. The van der Waals surface area contributed by atoms with Crippen LogP contribution >= 0.6 is 0 Å². The van der Waals surface area contributed by atoms with E-state index >= 15 is 0 Å². The summed E-state index contributed by atoms with van der Waals surface area (Å²) in [6.07, 6.45) is 9.69. The highest BCUT2D eigenvalue weighted by atomic mass is 16.2. The molecule has 0 aromatic heterocycles. The molecule has 0 bridgehead atoms. The zero-order chi connectivity index (χ0) is 13.0. The molecule has 0 aromatic rings. The van der Waals surface area contributed by atoms with Gasteiger partial charge in [-0.15, -0.1) is 0 Å². The Labute approximate surface area is 111 Å². The molecular formula is C15H28N2O. The van der Waals surface area contributed by atoms with Crippen LogP contribution in [0.3, 0.4) is 0 Å². The predicted octanol–water partition coefficient (Wildman–Crippen LogP) is 2.56. The molecule has 1 N–H and O–H groups in total. The monoisotopic (exact) mass is 252 g/mol. The van der Waals surface area contributed by atoms with Crippen molar-refractivity contribution < 1.29 is 4.79 Å². The maximum Gasteiger partial charge on any atom is 0.239 e. The first-order valence-corrected chi connectivity index (χ1v) is 7.68. The van der Waals surface area contributed by atoms with Crippen molar-refractivity contribution in [3.05, 3.63) is 0 Å². The Morgan fingerprint density at radius 1 is 1.11 bits per heavy atom. The molecular weight excluding hydrogens is 224 g/mol. The van der Waals surface area contributed by atoms with Gasteiger partial charge in [0.15, 0.2) is 0 Å². The fourth-order valence-corrected chi connectivity index (χ4v) is 3.42. The Morgan fingerprint density at radius 3 is 2.72 bits per heavy atom. The van der Waals surface area contributed by atoms with E-state index < -0.39 is 0 Å². The topological polar surface area (TPSA) is 32.3 Å². The molecule has 1 saturated heterocycles. The summed E-state index contributed by atoms with van der Waals surface area (Å²) < 4.78 is 0. The molecule has 0 spiro atoms. The van der Waals surface area contributed by atoms with Crippen LogP contribution in [0.1, 0.15) is 58.3 Å². The summed E-state index contributed by atoms with van der Waals surface area (Å²) in [5, 5.41) is 3.42. The molecule has 2 rings (SSSR count). The minimum absolute atomic E-state index is 0.0785. The Morgan fingerprint density at radius 2 is 1.94 bits per heavy atom. The van der Waals surface area contributed by atoms with Crippen LogP contribution in [0.5, 0.6) is 0 Å². The number of hydrogen-bond donors (Lipinski definition) is 1.